The predicted octanol–water partition coefficient (Wildman–Crippen LogP) is 1.20. The first-order valence-corrected chi connectivity index (χ1v) is 8.69. The predicted molar refractivity (Wildman–Crippen MR) is 78.9 cm³/mol. The average molecular weight is 372 g/mol. The Bertz CT molecular complexity index is 774. The highest BCUT2D eigenvalue weighted by molar-refractivity contribution is 9.10. The fraction of sp³-hybridized carbons (Fsp3) is 0.417. The van der Waals surface area contributed by atoms with Crippen LogP contribution in [0, 0.1) is 0 Å². The number of halogens is 1. The maximum atomic E-state index is 12.5. The van der Waals surface area contributed by atoms with Crippen LogP contribution >= 0.6 is 15.9 Å². The SMILES string of the molecule is CN(Cc1nnc2n1CCC2)S(=O)(=O)c1cncc(Br)c1. The summed E-state index contributed by atoms with van der Waals surface area (Å²) in [7, 11) is -2.06. The van der Waals surface area contributed by atoms with Crippen molar-refractivity contribution < 1.29 is 8.42 Å². The third-order valence-corrected chi connectivity index (χ3v) is 5.64. The van der Waals surface area contributed by atoms with E-state index < -0.39 is 10.0 Å². The van der Waals surface area contributed by atoms with Crippen molar-refractivity contribution in [3.63, 3.8) is 0 Å². The topological polar surface area (TPSA) is 81.0 Å². The molecule has 0 spiro atoms. The molecule has 1 aliphatic rings. The van der Waals surface area contributed by atoms with Crippen molar-refractivity contribution in [1.29, 1.82) is 0 Å². The van der Waals surface area contributed by atoms with Gasteiger partial charge in [0.15, 0.2) is 0 Å². The molecular weight excluding hydrogens is 358 g/mol. The Hall–Kier alpha value is -1.32. The first-order chi connectivity index (χ1) is 9.98. The van der Waals surface area contributed by atoms with Gasteiger partial charge in [0.1, 0.15) is 16.5 Å². The summed E-state index contributed by atoms with van der Waals surface area (Å²) in [6, 6.07) is 1.53. The number of sulfonamides is 1. The zero-order chi connectivity index (χ0) is 15.0. The van der Waals surface area contributed by atoms with Gasteiger partial charge in [-0.1, -0.05) is 0 Å². The second kappa shape index (κ2) is 5.47. The van der Waals surface area contributed by atoms with E-state index in [9.17, 15) is 8.42 Å². The molecule has 9 heteroatoms. The molecular formula is C12H14BrN5O2S. The fourth-order valence-electron chi connectivity index (χ4n) is 2.33. The third-order valence-electron chi connectivity index (χ3n) is 3.44. The Balaban J connectivity index is 1.85. The van der Waals surface area contributed by atoms with Crippen LogP contribution in [-0.2, 0) is 29.5 Å². The van der Waals surface area contributed by atoms with E-state index in [1.54, 1.807) is 6.20 Å². The van der Waals surface area contributed by atoms with Crippen LogP contribution in [0.5, 0.6) is 0 Å². The van der Waals surface area contributed by atoms with Gasteiger partial charge in [-0.2, -0.15) is 4.31 Å². The third kappa shape index (κ3) is 2.72. The minimum Gasteiger partial charge on any atom is -0.314 e. The van der Waals surface area contributed by atoms with Crippen molar-refractivity contribution in [2.45, 2.75) is 30.8 Å². The van der Waals surface area contributed by atoms with Crippen molar-refractivity contribution in [3.8, 4) is 0 Å². The second-order valence-corrected chi connectivity index (χ2v) is 7.85. The maximum Gasteiger partial charge on any atom is 0.244 e. The van der Waals surface area contributed by atoms with Crippen LogP contribution in [0.1, 0.15) is 18.1 Å². The molecule has 21 heavy (non-hydrogen) atoms. The molecule has 2 aromatic rings. The standard InChI is InChI=1S/C12H14BrN5O2S/c1-17(8-12-16-15-11-3-2-4-18(11)12)21(19,20)10-5-9(13)6-14-7-10/h5-7H,2-4,8H2,1H3. The monoisotopic (exact) mass is 371 g/mol. The summed E-state index contributed by atoms with van der Waals surface area (Å²) >= 11 is 3.23. The van der Waals surface area contributed by atoms with Crippen molar-refractivity contribution in [1.82, 2.24) is 24.1 Å². The van der Waals surface area contributed by atoms with Crippen molar-refractivity contribution >= 4 is 26.0 Å². The van der Waals surface area contributed by atoms with Crippen LogP contribution in [0.25, 0.3) is 0 Å². The summed E-state index contributed by atoms with van der Waals surface area (Å²) in [5.41, 5.74) is 0. The zero-order valence-corrected chi connectivity index (χ0v) is 13.8. The van der Waals surface area contributed by atoms with E-state index in [0.717, 1.165) is 25.2 Å². The highest BCUT2D eigenvalue weighted by Crippen LogP contribution is 2.20. The number of rotatable bonds is 4. The molecule has 0 atom stereocenters. The number of aryl methyl sites for hydroxylation is 1. The summed E-state index contributed by atoms with van der Waals surface area (Å²) < 4.78 is 28.9. The largest absolute Gasteiger partial charge is 0.314 e. The summed E-state index contributed by atoms with van der Waals surface area (Å²) in [6.45, 7) is 1.05. The highest BCUT2D eigenvalue weighted by atomic mass is 79.9. The van der Waals surface area contributed by atoms with Gasteiger partial charge in [0.05, 0.1) is 6.54 Å². The molecule has 0 fully saturated rings. The fourth-order valence-corrected chi connectivity index (χ4v) is 3.96. The molecule has 0 radical (unpaired) electrons. The quantitative estimate of drug-likeness (QED) is 0.806. The lowest BCUT2D eigenvalue weighted by Crippen LogP contribution is -2.28. The van der Waals surface area contributed by atoms with Crippen LogP contribution in [0.15, 0.2) is 27.8 Å². The molecule has 0 saturated carbocycles. The molecule has 3 rings (SSSR count). The molecule has 112 valence electrons. The maximum absolute atomic E-state index is 12.5. The van der Waals surface area contributed by atoms with Gasteiger partial charge in [-0.3, -0.25) is 4.98 Å². The lowest BCUT2D eigenvalue weighted by molar-refractivity contribution is 0.446. The Labute approximate surface area is 131 Å². The van der Waals surface area contributed by atoms with E-state index in [0.29, 0.717) is 10.3 Å². The first-order valence-electron chi connectivity index (χ1n) is 6.46. The lowest BCUT2D eigenvalue weighted by Gasteiger charge is -2.16. The van der Waals surface area contributed by atoms with Crippen molar-refractivity contribution in [3.05, 3.63) is 34.6 Å². The molecule has 0 N–H and O–H groups in total. The number of nitrogens with zero attached hydrogens (tertiary/aromatic N) is 5. The first kappa shape index (κ1) is 14.6. The van der Waals surface area contributed by atoms with Gasteiger partial charge in [-0.25, -0.2) is 8.42 Å². The molecule has 0 saturated heterocycles. The second-order valence-electron chi connectivity index (χ2n) is 4.89. The number of fused-ring (bicyclic) bond motifs is 1. The summed E-state index contributed by atoms with van der Waals surface area (Å²) in [4.78, 5) is 4.06. The molecule has 0 aromatic carbocycles. The van der Waals surface area contributed by atoms with Gasteiger partial charge in [0.2, 0.25) is 10.0 Å². The van der Waals surface area contributed by atoms with Gasteiger partial charge < -0.3 is 4.57 Å². The highest BCUT2D eigenvalue weighted by Gasteiger charge is 2.25. The van der Waals surface area contributed by atoms with Crippen LogP contribution in [-0.4, -0.2) is 39.5 Å². The normalized spacial score (nSPS) is 14.6. The zero-order valence-electron chi connectivity index (χ0n) is 11.4. The molecule has 7 nitrogen and oxygen atoms in total. The Morgan fingerprint density at radius 3 is 2.95 bits per heavy atom. The van der Waals surface area contributed by atoms with Crippen LogP contribution in [0.3, 0.4) is 0 Å². The average Bonchev–Trinajstić information content (AvgIpc) is 3.03. The summed E-state index contributed by atoms with van der Waals surface area (Å²) in [5, 5.41) is 8.17. The Morgan fingerprint density at radius 1 is 1.38 bits per heavy atom. The molecule has 1 aliphatic heterocycles. The van der Waals surface area contributed by atoms with E-state index in [4.69, 9.17) is 0 Å². The van der Waals surface area contributed by atoms with Crippen molar-refractivity contribution in [2.75, 3.05) is 7.05 Å². The molecule has 0 amide bonds. The molecule has 0 aliphatic carbocycles. The Morgan fingerprint density at radius 2 is 2.19 bits per heavy atom. The van der Waals surface area contributed by atoms with Gasteiger partial charge in [0.25, 0.3) is 0 Å². The Kier molecular flexibility index (Phi) is 3.80. The van der Waals surface area contributed by atoms with Crippen LogP contribution in [0.2, 0.25) is 0 Å². The van der Waals surface area contributed by atoms with Crippen LogP contribution in [0.4, 0.5) is 0 Å². The number of hydrogen-bond acceptors (Lipinski definition) is 5. The number of pyridine rings is 1. The minimum atomic E-state index is -3.60. The van der Waals surface area contributed by atoms with E-state index >= 15 is 0 Å². The van der Waals surface area contributed by atoms with Gasteiger partial charge in [0, 0.05) is 36.9 Å². The molecule has 0 unspecified atom stereocenters. The van der Waals surface area contributed by atoms with Crippen molar-refractivity contribution in [2.24, 2.45) is 0 Å². The van der Waals surface area contributed by atoms with E-state index in [1.807, 2.05) is 4.57 Å². The smallest absolute Gasteiger partial charge is 0.244 e. The molecule has 0 bridgehead atoms. The lowest BCUT2D eigenvalue weighted by atomic mass is 10.4. The summed E-state index contributed by atoms with van der Waals surface area (Å²) in [5.74, 6) is 1.61. The molecule has 3 heterocycles. The number of hydrogen-bond donors (Lipinski definition) is 0. The van der Waals surface area contributed by atoms with E-state index in [-0.39, 0.29) is 11.4 Å². The van der Waals surface area contributed by atoms with E-state index in [1.165, 1.54) is 23.6 Å². The number of aromatic nitrogens is 4. The van der Waals surface area contributed by atoms with Gasteiger partial charge in [-0.15, -0.1) is 10.2 Å². The summed E-state index contributed by atoms with van der Waals surface area (Å²) in [6.07, 6.45) is 4.82. The molecule has 2 aromatic heterocycles. The minimum absolute atomic E-state index is 0.153. The van der Waals surface area contributed by atoms with Gasteiger partial charge >= 0.3 is 0 Å². The van der Waals surface area contributed by atoms with Crippen LogP contribution < -0.4 is 0 Å². The van der Waals surface area contributed by atoms with E-state index in [2.05, 4.69) is 31.1 Å². The van der Waals surface area contributed by atoms with Gasteiger partial charge in [-0.05, 0) is 28.4 Å².